The third-order valence-corrected chi connectivity index (χ3v) is 4.44. The summed E-state index contributed by atoms with van der Waals surface area (Å²) in [5, 5.41) is 5.35. The van der Waals surface area contributed by atoms with Gasteiger partial charge in [-0.05, 0) is 49.4 Å². The molecule has 18 heavy (non-hydrogen) atoms. The van der Waals surface area contributed by atoms with Crippen LogP contribution >= 0.6 is 23.7 Å². The Labute approximate surface area is 119 Å². The molecule has 0 unspecified atom stereocenters. The molecule has 5 heteroatoms. The van der Waals surface area contributed by atoms with Crippen molar-refractivity contribution in [1.29, 1.82) is 0 Å². The molecule has 0 aliphatic carbocycles. The van der Waals surface area contributed by atoms with E-state index >= 15 is 0 Å². The zero-order valence-corrected chi connectivity index (χ0v) is 12.6. The maximum atomic E-state index is 12.4. The number of thiophene rings is 1. The lowest BCUT2D eigenvalue weighted by Gasteiger charge is -2.31. The first kappa shape index (κ1) is 15.5. The number of amides is 1. The van der Waals surface area contributed by atoms with E-state index < -0.39 is 0 Å². The highest BCUT2D eigenvalue weighted by atomic mass is 35.5. The van der Waals surface area contributed by atoms with Gasteiger partial charge in [-0.1, -0.05) is 6.92 Å². The van der Waals surface area contributed by atoms with Crippen molar-refractivity contribution in [2.45, 2.75) is 32.2 Å². The third-order valence-electron chi connectivity index (χ3n) is 3.50. The topological polar surface area (TPSA) is 32.3 Å². The maximum Gasteiger partial charge on any atom is 0.264 e. The summed E-state index contributed by atoms with van der Waals surface area (Å²) in [5.41, 5.74) is 1.18. The predicted octanol–water partition coefficient (Wildman–Crippen LogP) is 2.56. The fourth-order valence-corrected chi connectivity index (χ4v) is 3.30. The van der Waals surface area contributed by atoms with Crippen LogP contribution in [0.5, 0.6) is 0 Å². The lowest BCUT2D eigenvalue weighted by molar-refractivity contribution is 0.0707. The summed E-state index contributed by atoms with van der Waals surface area (Å²) in [5.74, 6) is 0.198. The van der Waals surface area contributed by atoms with E-state index in [9.17, 15) is 4.79 Å². The van der Waals surface area contributed by atoms with Gasteiger partial charge in [-0.15, -0.1) is 23.7 Å². The van der Waals surface area contributed by atoms with Crippen LogP contribution in [0.4, 0.5) is 0 Å². The Balaban J connectivity index is 0.00000162. The molecule has 1 fully saturated rings. The molecule has 0 aromatic carbocycles. The van der Waals surface area contributed by atoms with E-state index in [2.05, 4.69) is 18.3 Å². The number of hydrogen-bond donors (Lipinski definition) is 1. The first-order valence-corrected chi connectivity index (χ1v) is 7.16. The van der Waals surface area contributed by atoms with E-state index in [0.717, 1.165) is 37.2 Å². The van der Waals surface area contributed by atoms with Gasteiger partial charge < -0.3 is 10.2 Å². The number of carbonyl (C=O) groups excluding carboxylic acids is 1. The number of piperidine rings is 1. The highest BCUT2D eigenvalue weighted by Crippen LogP contribution is 2.21. The van der Waals surface area contributed by atoms with Crippen molar-refractivity contribution in [2.24, 2.45) is 0 Å². The number of aryl methyl sites for hydroxylation is 1. The van der Waals surface area contributed by atoms with Crippen molar-refractivity contribution in [2.75, 3.05) is 20.1 Å². The van der Waals surface area contributed by atoms with E-state index in [1.54, 1.807) is 11.3 Å². The van der Waals surface area contributed by atoms with E-state index in [0.29, 0.717) is 6.04 Å². The Morgan fingerprint density at radius 3 is 2.78 bits per heavy atom. The van der Waals surface area contributed by atoms with Gasteiger partial charge in [-0.2, -0.15) is 0 Å². The van der Waals surface area contributed by atoms with Crippen LogP contribution in [0.15, 0.2) is 11.4 Å². The molecule has 1 amide bonds. The molecular weight excluding hydrogens is 268 g/mol. The smallest absolute Gasteiger partial charge is 0.264 e. The van der Waals surface area contributed by atoms with Gasteiger partial charge in [0, 0.05) is 13.1 Å². The molecule has 0 spiro atoms. The predicted molar refractivity (Wildman–Crippen MR) is 78.9 cm³/mol. The highest BCUT2D eigenvalue weighted by molar-refractivity contribution is 7.12. The Hall–Kier alpha value is -0.580. The standard InChI is InChI=1S/C13H20N2OS.ClH/c1-3-10-6-9-17-12(10)13(16)15(2)11-4-7-14-8-5-11;/h6,9,11,14H,3-5,7-8H2,1-2H3;1H. The van der Waals surface area contributed by atoms with Crippen molar-refractivity contribution in [3.63, 3.8) is 0 Å². The Kier molecular flexibility index (Phi) is 6.12. The quantitative estimate of drug-likeness (QED) is 0.927. The van der Waals surface area contributed by atoms with Gasteiger partial charge in [0.15, 0.2) is 0 Å². The normalized spacial score (nSPS) is 16.1. The van der Waals surface area contributed by atoms with E-state index in [1.165, 1.54) is 5.56 Å². The summed E-state index contributed by atoms with van der Waals surface area (Å²) in [6, 6.07) is 2.46. The fraction of sp³-hybridized carbons (Fsp3) is 0.615. The second kappa shape index (κ2) is 7.12. The summed E-state index contributed by atoms with van der Waals surface area (Å²) in [7, 11) is 1.94. The summed E-state index contributed by atoms with van der Waals surface area (Å²) in [6.45, 7) is 4.14. The van der Waals surface area contributed by atoms with Gasteiger partial charge >= 0.3 is 0 Å². The number of rotatable bonds is 3. The summed E-state index contributed by atoms with van der Waals surface area (Å²) in [4.78, 5) is 15.3. The Bertz CT molecular complexity index is 388. The van der Waals surface area contributed by atoms with Gasteiger partial charge in [0.2, 0.25) is 0 Å². The molecule has 0 radical (unpaired) electrons. The molecule has 0 saturated carbocycles. The number of nitrogens with one attached hydrogen (secondary N) is 1. The molecule has 2 heterocycles. The largest absolute Gasteiger partial charge is 0.338 e. The first-order chi connectivity index (χ1) is 8.24. The molecule has 0 bridgehead atoms. The molecular formula is C13H21ClN2OS. The van der Waals surface area contributed by atoms with Crippen LogP contribution in [0.2, 0.25) is 0 Å². The van der Waals surface area contributed by atoms with Gasteiger partial charge in [0.25, 0.3) is 5.91 Å². The molecule has 0 atom stereocenters. The van der Waals surface area contributed by atoms with E-state index in [-0.39, 0.29) is 18.3 Å². The minimum atomic E-state index is 0. The average molecular weight is 289 g/mol. The third kappa shape index (κ3) is 3.25. The fourth-order valence-electron chi connectivity index (χ4n) is 2.32. The van der Waals surface area contributed by atoms with Gasteiger partial charge in [-0.25, -0.2) is 0 Å². The van der Waals surface area contributed by atoms with Crippen molar-refractivity contribution in [1.82, 2.24) is 10.2 Å². The van der Waals surface area contributed by atoms with Crippen LogP contribution < -0.4 is 5.32 Å². The lowest BCUT2D eigenvalue weighted by atomic mass is 10.0. The second-order valence-corrected chi connectivity index (χ2v) is 5.44. The maximum absolute atomic E-state index is 12.4. The summed E-state index contributed by atoms with van der Waals surface area (Å²) < 4.78 is 0. The molecule has 102 valence electrons. The van der Waals surface area contributed by atoms with Crippen molar-refractivity contribution >= 4 is 29.7 Å². The number of carbonyl (C=O) groups is 1. The lowest BCUT2D eigenvalue weighted by Crippen LogP contribution is -2.43. The van der Waals surface area contributed by atoms with Crippen LogP contribution in [0.3, 0.4) is 0 Å². The van der Waals surface area contributed by atoms with Gasteiger partial charge in [0.1, 0.15) is 0 Å². The zero-order valence-electron chi connectivity index (χ0n) is 10.9. The Morgan fingerprint density at radius 1 is 1.50 bits per heavy atom. The molecule has 2 rings (SSSR count). The minimum Gasteiger partial charge on any atom is -0.338 e. The van der Waals surface area contributed by atoms with Crippen molar-refractivity contribution in [3.05, 3.63) is 21.9 Å². The number of halogens is 1. The Morgan fingerprint density at radius 2 is 2.17 bits per heavy atom. The average Bonchev–Trinajstić information content (AvgIpc) is 2.86. The first-order valence-electron chi connectivity index (χ1n) is 6.28. The second-order valence-electron chi connectivity index (χ2n) is 4.53. The number of hydrogen-bond acceptors (Lipinski definition) is 3. The molecule has 1 aromatic heterocycles. The summed E-state index contributed by atoms with van der Waals surface area (Å²) in [6.07, 6.45) is 3.06. The monoisotopic (exact) mass is 288 g/mol. The summed E-state index contributed by atoms with van der Waals surface area (Å²) >= 11 is 1.57. The van der Waals surface area contributed by atoms with Crippen LogP contribution in [-0.4, -0.2) is 37.0 Å². The molecule has 1 N–H and O–H groups in total. The molecule has 3 nitrogen and oxygen atoms in total. The molecule has 1 aliphatic rings. The van der Waals surface area contributed by atoms with Crippen LogP contribution in [-0.2, 0) is 6.42 Å². The molecule has 1 saturated heterocycles. The number of nitrogens with zero attached hydrogens (tertiary/aromatic N) is 1. The van der Waals surface area contributed by atoms with Crippen LogP contribution in [0, 0.1) is 0 Å². The van der Waals surface area contributed by atoms with Gasteiger partial charge in [-0.3, -0.25) is 4.79 Å². The molecule has 1 aliphatic heterocycles. The molecule has 1 aromatic rings. The van der Waals surface area contributed by atoms with Crippen LogP contribution in [0.1, 0.15) is 35.0 Å². The highest BCUT2D eigenvalue weighted by Gasteiger charge is 2.24. The minimum absolute atomic E-state index is 0. The van der Waals surface area contributed by atoms with Crippen LogP contribution in [0.25, 0.3) is 0 Å². The zero-order chi connectivity index (χ0) is 12.3. The van der Waals surface area contributed by atoms with E-state index in [1.807, 2.05) is 17.3 Å². The van der Waals surface area contributed by atoms with Gasteiger partial charge in [0.05, 0.1) is 4.88 Å². The van der Waals surface area contributed by atoms with Crippen molar-refractivity contribution in [3.8, 4) is 0 Å². The SMILES string of the molecule is CCc1ccsc1C(=O)N(C)C1CCNCC1.Cl. The van der Waals surface area contributed by atoms with E-state index in [4.69, 9.17) is 0 Å². The van der Waals surface area contributed by atoms with Crippen molar-refractivity contribution < 1.29 is 4.79 Å².